The molecule has 1 unspecified atom stereocenters. The molecule has 0 bridgehead atoms. The Kier molecular flexibility index (Phi) is 9.17. The number of hydrogen-bond donors (Lipinski definition) is 4. The first kappa shape index (κ1) is 29.5. The number of aliphatic hydroxyl groups is 1. The van der Waals surface area contributed by atoms with E-state index in [0.29, 0.717) is 51.7 Å². The van der Waals surface area contributed by atoms with Crippen LogP contribution in [0, 0.1) is 12.7 Å². The third-order valence-corrected chi connectivity index (χ3v) is 6.63. The molecular weight excluding hydrogens is 541 g/mol. The van der Waals surface area contributed by atoms with Crippen LogP contribution in [-0.2, 0) is 48.3 Å². The first-order chi connectivity index (χ1) is 19.7. The molecule has 0 saturated carbocycles. The Hall–Kier alpha value is -4.53. The van der Waals surface area contributed by atoms with Gasteiger partial charge in [0.1, 0.15) is 25.3 Å². The van der Waals surface area contributed by atoms with E-state index < -0.39 is 29.3 Å². The molecule has 1 aliphatic rings. The zero-order chi connectivity index (χ0) is 29.7. The highest BCUT2D eigenvalue weighted by molar-refractivity contribution is 5.89. The van der Waals surface area contributed by atoms with Crippen LogP contribution in [0.25, 0.3) is 22.3 Å². The highest BCUT2D eigenvalue weighted by Gasteiger charge is 2.30. The molecule has 0 aliphatic carbocycles. The molecule has 0 fully saturated rings. The number of nitrogens with zero attached hydrogens (tertiary/aromatic N) is 2. The summed E-state index contributed by atoms with van der Waals surface area (Å²) in [6, 6.07) is 4.38. The van der Waals surface area contributed by atoms with E-state index in [0.717, 1.165) is 0 Å². The average molecular weight is 570 g/mol. The molecule has 0 saturated heterocycles. The van der Waals surface area contributed by atoms with Crippen molar-refractivity contribution in [3.63, 3.8) is 0 Å². The number of amides is 3. The first-order valence-electron chi connectivity index (χ1n) is 12.5. The molecule has 3 heterocycles. The number of aldehydes is 1. The SMILES string of the molecule is COCc1c(C(O)C=O)cc2n(c1=O)Cc1c-2nc2cc(F)c(C)cc2c1CNC(=O)COCNC(=O)CNC=O. The van der Waals surface area contributed by atoms with E-state index >= 15 is 0 Å². The molecule has 3 amide bonds. The maximum Gasteiger partial charge on any atom is 0.257 e. The maximum atomic E-state index is 14.5. The number of carbonyl (C=O) groups is 4. The number of nitrogens with one attached hydrogen (secondary N) is 3. The molecule has 2 aromatic heterocycles. The van der Waals surface area contributed by atoms with Gasteiger partial charge in [-0.2, -0.15) is 0 Å². The van der Waals surface area contributed by atoms with Crippen LogP contribution in [0.1, 0.15) is 33.9 Å². The second kappa shape index (κ2) is 12.8. The number of rotatable bonds is 13. The van der Waals surface area contributed by atoms with Gasteiger partial charge < -0.3 is 39.9 Å². The van der Waals surface area contributed by atoms with Gasteiger partial charge in [-0.1, -0.05) is 0 Å². The first-order valence-corrected chi connectivity index (χ1v) is 12.5. The van der Waals surface area contributed by atoms with Gasteiger partial charge >= 0.3 is 0 Å². The van der Waals surface area contributed by atoms with E-state index in [1.165, 1.54) is 23.8 Å². The summed E-state index contributed by atoms with van der Waals surface area (Å²) in [7, 11) is 1.39. The molecule has 1 atom stereocenters. The molecule has 216 valence electrons. The quantitative estimate of drug-likeness (QED) is 0.0956. The fraction of sp³-hybridized carbons (Fsp3) is 0.333. The van der Waals surface area contributed by atoms with E-state index in [-0.39, 0.29) is 50.7 Å². The van der Waals surface area contributed by atoms with Gasteiger partial charge in [0.25, 0.3) is 5.56 Å². The minimum absolute atomic E-state index is 0.0122. The van der Waals surface area contributed by atoms with Crippen molar-refractivity contribution in [2.24, 2.45) is 0 Å². The summed E-state index contributed by atoms with van der Waals surface area (Å²) < 4.78 is 26.3. The van der Waals surface area contributed by atoms with Crippen LogP contribution in [-0.4, -0.2) is 66.2 Å². The van der Waals surface area contributed by atoms with Gasteiger partial charge in [-0.05, 0) is 30.2 Å². The largest absolute Gasteiger partial charge is 0.381 e. The second-order valence-electron chi connectivity index (χ2n) is 9.27. The lowest BCUT2D eigenvalue weighted by Crippen LogP contribution is -2.36. The molecule has 13 nitrogen and oxygen atoms in total. The van der Waals surface area contributed by atoms with Gasteiger partial charge in [-0.15, -0.1) is 0 Å². The molecule has 14 heteroatoms. The van der Waals surface area contributed by atoms with Crippen molar-refractivity contribution in [3.8, 4) is 11.4 Å². The normalized spacial score (nSPS) is 12.4. The molecule has 4 N–H and O–H groups in total. The van der Waals surface area contributed by atoms with Crippen LogP contribution in [0.3, 0.4) is 0 Å². The number of ether oxygens (including phenoxy) is 2. The zero-order valence-corrected chi connectivity index (χ0v) is 22.3. The third-order valence-electron chi connectivity index (χ3n) is 6.63. The highest BCUT2D eigenvalue weighted by Crippen LogP contribution is 2.37. The summed E-state index contributed by atoms with van der Waals surface area (Å²) in [5.41, 5.74) is 2.28. The lowest BCUT2D eigenvalue weighted by molar-refractivity contribution is -0.129. The number of fused-ring (bicyclic) bond motifs is 4. The Balaban J connectivity index is 1.66. The standard InChI is InChI=1S/C27H28FN5O8/c1-14-3-15-17(6-30-25(38)11-41-13-31-24(37)7-29-12-35)18-8-33-22(26(18)32-21(15)5-20(14)28)4-16(23(36)9-34)19(10-40-2)27(33)39/h3-5,9,12,23,36H,6-8,10-11,13H2,1-2H3,(H,29,35)(H,30,38)(H,31,37). The zero-order valence-electron chi connectivity index (χ0n) is 22.3. The third kappa shape index (κ3) is 6.14. The molecule has 1 aromatic carbocycles. The Morgan fingerprint density at radius 1 is 1.20 bits per heavy atom. The molecule has 3 aromatic rings. The van der Waals surface area contributed by atoms with Crippen molar-refractivity contribution in [3.05, 3.63) is 62.2 Å². The van der Waals surface area contributed by atoms with E-state index in [1.807, 2.05) is 0 Å². The van der Waals surface area contributed by atoms with E-state index in [4.69, 9.17) is 9.47 Å². The molecule has 0 radical (unpaired) electrons. The summed E-state index contributed by atoms with van der Waals surface area (Å²) in [4.78, 5) is 63.7. The number of aromatic nitrogens is 2. The van der Waals surface area contributed by atoms with Crippen molar-refractivity contribution >= 4 is 35.4 Å². The van der Waals surface area contributed by atoms with Gasteiger partial charge in [0, 0.05) is 41.8 Å². The molecule has 4 rings (SSSR count). The lowest BCUT2D eigenvalue weighted by Gasteiger charge is -2.14. The van der Waals surface area contributed by atoms with Crippen molar-refractivity contribution in [1.29, 1.82) is 0 Å². The number of benzene rings is 1. The summed E-state index contributed by atoms with van der Waals surface area (Å²) in [6.45, 7) is 0.671. The van der Waals surface area contributed by atoms with E-state index in [9.17, 15) is 33.5 Å². The number of halogens is 1. The van der Waals surface area contributed by atoms with Gasteiger partial charge in [0.05, 0.1) is 36.6 Å². The summed E-state index contributed by atoms with van der Waals surface area (Å²) in [5, 5.41) is 18.2. The second-order valence-corrected chi connectivity index (χ2v) is 9.27. The van der Waals surface area contributed by atoms with Crippen LogP contribution in [0.5, 0.6) is 0 Å². The molecular formula is C27H28FN5O8. The minimum Gasteiger partial charge on any atom is -0.381 e. The van der Waals surface area contributed by atoms with Crippen LogP contribution in [0.4, 0.5) is 4.39 Å². The Morgan fingerprint density at radius 3 is 2.68 bits per heavy atom. The van der Waals surface area contributed by atoms with Crippen LogP contribution < -0.4 is 21.5 Å². The fourth-order valence-electron chi connectivity index (χ4n) is 4.64. The molecule has 41 heavy (non-hydrogen) atoms. The number of carbonyl (C=O) groups excluding carboxylic acids is 4. The smallest absolute Gasteiger partial charge is 0.257 e. The predicted molar refractivity (Wildman–Crippen MR) is 142 cm³/mol. The monoisotopic (exact) mass is 569 g/mol. The van der Waals surface area contributed by atoms with Gasteiger partial charge in [-0.25, -0.2) is 9.37 Å². The number of aryl methyl sites for hydroxylation is 1. The van der Waals surface area contributed by atoms with E-state index in [2.05, 4.69) is 20.9 Å². The van der Waals surface area contributed by atoms with Gasteiger partial charge in [0.15, 0.2) is 6.29 Å². The lowest BCUT2D eigenvalue weighted by atomic mass is 9.98. The average Bonchev–Trinajstić information content (AvgIpc) is 3.32. The predicted octanol–water partition coefficient (Wildman–Crippen LogP) is -0.296. The maximum absolute atomic E-state index is 14.5. The molecule has 0 spiro atoms. The fourth-order valence-corrected chi connectivity index (χ4v) is 4.64. The van der Waals surface area contributed by atoms with Crippen molar-refractivity contribution in [1.82, 2.24) is 25.5 Å². The summed E-state index contributed by atoms with van der Waals surface area (Å²) in [6.07, 6.45) is -0.874. The summed E-state index contributed by atoms with van der Waals surface area (Å²) >= 11 is 0. The van der Waals surface area contributed by atoms with Crippen LogP contribution >= 0.6 is 0 Å². The number of pyridine rings is 2. The Labute approximate surface area is 232 Å². The highest BCUT2D eigenvalue weighted by atomic mass is 19.1. The number of methoxy groups -OCH3 is 1. The summed E-state index contributed by atoms with van der Waals surface area (Å²) in [5.74, 6) is -1.48. The Morgan fingerprint density at radius 2 is 1.98 bits per heavy atom. The van der Waals surface area contributed by atoms with Crippen molar-refractivity contribution in [2.45, 2.75) is 32.7 Å². The Bertz CT molecular complexity index is 1590. The van der Waals surface area contributed by atoms with Crippen LogP contribution in [0.2, 0.25) is 0 Å². The molecule has 1 aliphatic heterocycles. The number of aliphatic hydroxyl groups excluding tert-OH is 1. The van der Waals surface area contributed by atoms with Crippen molar-refractivity contribution < 1.29 is 38.1 Å². The van der Waals surface area contributed by atoms with Crippen LogP contribution in [0.15, 0.2) is 23.0 Å². The topological polar surface area (TPSA) is 178 Å². The minimum atomic E-state index is -1.56. The van der Waals surface area contributed by atoms with Gasteiger partial charge in [0.2, 0.25) is 18.2 Å². The van der Waals surface area contributed by atoms with Crippen molar-refractivity contribution in [2.75, 3.05) is 27.0 Å². The van der Waals surface area contributed by atoms with E-state index in [1.54, 1.807) is 13.0 Å². The number of hydrogen-bond acceptors (Lipinski definition) is 9. The van der Waals surface area contributed by atoms with Gasteiger partial charge in [-0.3, -0.25) is 19.2 Å².